The van der Waals surface area contributed by atoms with E-state index in [1.54, 1.807) is 7.11 Å². The monoisotopic (exact) mass is 307 g/mol. The molecule has 18 heavy (non-hydrogen) atoms. The lowest BCUT2D eigenvalue weighted by molar-refractivity contribution is 0.402. The van der Waals surface area contributed by atoms with E-state index in [0.717, 1.165) is 21.1 Å². The molecule has 1 aromatic heterocycles. The lowest BCUT2D eigenvalue weighted by atomic mass is 9.84. The van der Waals surface area contributed by atoms with Crippen LogP contribution in [0.5, 0.6) is 5.75 Å². The molecule has 2 rings (SSSR count). The van der Waals surface area contributed by atoms with Crippen molar-refractivity contribution >= 4 is 26.8 Å². The first-order chi connectivity index (χ1) is 8.34. The van der Waals surface area contributed by atoms with E-state index in [2.05, 4.69) is 60.7 Å². The Morgan fingerprint density at radius 2 is 1.89 bits per heavy atom. The molecule has 0 amide bonds. The van der Waals surface area contributed by atoms with Crippen LogP contribution in [0.4, 0.5) is 0 Å². The van der Waals surface area contributed by atoms with E-state index in [0.29, 0.717) is 0 Å². The summed E-state index contributed by atoms with van der Waals surface area (Å²) in [7, 11) is 1.72. The number of pyridine rings is 1. The zero-order valence-corrected chi connectivity index (χ0v) is 13.1. The van der Waals surface area contributed by atoms with Crippen LogP contribution in [-0.2, 0) is 5.41 Å². The summed E-state index contributed by atoms with van der Waals surface area (Å²) in [6.45, 7) is 8.68. The van der Waals surface area contributed by atoms with Gasteiger partial charge in [-0.2, -0.15) is 0 Å². The Hall–Kier alpha value is -1.09. The summed E-state index contributed by atoms with van der Waals surface area (Å²) in [5.41, 5.74) is 3.45. The fourth-order valence-corrected chi connectivity index (χ4v) is 2.53. The van der Waals surface area contributed by atoms with Crippen molar-refractivity contribution < 1.29 is 4.74 Å². The van der Waals surface area contributed by atoms with Crippen LogP contribution in [-0.4, -0.2) is 12.1 Å². The summed E-state index contributed by atoms with van der Waals surface area (Å²) in [5, 5.41) is 1.07. The smallest absolute Gasteiger partial charge is 0.132 e. The summed E-state index contributed by atoms with van der Waals surface area (Å²) < 4.78 is 6.61. The van der Waals surface area contributed by atoms with Crippen molar-refractivity contribution in [3.63, 3.8) is 0 Å². The normalized spacial score (nSPS) is 11.9. The number of benzene rings is 1. The van der Waals surface area contributed by atoms with E-state index in [9.17, 15) is 0 Å². The summed E-state index contributed by atoms with van der Waals surface area (Å²) in [6.07, 6.45) is 1.82. The average Bonchev–Trinajstić information content (AvgIpc) is 2.27. The molecule has 0 atom stereocenters. The fraction of sp³-hybridized carbons (Fsp3) is 0.400. The number of aryl methyl sites for hydroxylation is 1. The molecule has 2 aromatic rings. The van der Waals surface area contributed by atoms with E-state index < -0.39 is 0 Å². The molecule has 0 radical (unpaired) electrons. The van der Waals surface area contributed by atoms with Crippen molar-refractivity contribution in [2.24, 2.45) is 0 Å². The highest BCUT2D eigenvalue weighted by atomic mass is 79.9. The van der Waals surface area contributed by atoms with Gasteiger partial charge in [0.05, 0.1) is 12.6 Å². The van der Waals surface area contributed by atoms with Gasteiger partial charge in [-0.15, -0.1) is 0 Å². The third kappa shape index (κ3) is 2.24. The Morgan fingerprint density at radius 1 is 1.22 bits per heavy atom. The van der Waals surface area contributed by atoms with Crippen molar-refractivity contribution in [3.05, 3.63) is 33.9 Å². The van der Waals surface area contributed by atoms with Crippen LogP contribution in [0, 0.1) is 6.92 Å². The van der Waals surface area contributed by atoms with Crippen LogP contribution < -0.4 is 4.74 Å². The highest BCUT2D eigenvalue weighted by Gasteiger charge is 2.22. The molecule has 96 valence electrons. The Labute approximate surface area is 117 Å². The lowest BCUT2D eigenvalue weighted by Crippen LogP contribution is -2.13. The van der Waals surface area contributed by atoms with E-state index in [1.165, 1.54) is 11.1 Å². The van der Waals surface area contributed by atoms with Crippen LogP contribution in [0.3, 0.4) is 0 Å². The molecular formula is C15H18BrNO. The van der Waals surface area contributed by atoms with Crippen LogP contribution in [0.1, 0.15) is 31.9 Å². The van der Waals surface area contributed by atoms with Gasteiger partial charge in [0.25, 0.3) is 0 Å². The highest BCUT2D eigenvalue weighted by Crippen LogP contribution is 2.38. The van der Waals surface area contributed by atoms with Gasteiger partial charge in [0, 0.05) is 21.6 Å². The second-order valence-electron chi connectivity index (χ2n) is 5.57. The first kappa shape index (κ1) is 13.3. The molecule has 0 aliphatic rings. The van der Waals surface area contributed by atoms with E-state index >= 15 is 0 Å². The maximum atomic E-state index is 5.63. The molecule has 1 heterocycles. The molecule has 0 aliphatic carbocycles. The van der Waals surface area contributed by atoms with E-state index in [4.69, 9.17) is 4.74 Å². The largest absolute Gasteiger partial charge is 0.496 e. The zero-order chi connectivity index (χ0) is 13.5. The lowest BCUT2D eigenvalue weighted by Gasteiger charge is -2.24. The molecule has 0 spiro atoms. The molecule has 0 bridgehead atoms. The van der Waals surface area contributed by atoms with Gasteiger partial charge in [-0.25, -0.2) is 0 Å². The van der Waals surface area contributed by atoms with Gasteiger partial charge in [0.15, 0.2) is 0 Å². The Balaban J connectivity index is 2.90. The van der Waals surface area contributed by atoms with Crippen molar-refractivity contribution in [2.45, 2.75) is 33.1 Å². The number of ether oxygens (including phenoxy) is 1. The van der Waals surface area contributed by atoms with Crippen LogP contribution in [0.25, 0.3) is 10.9 Å². The molecule has 0 fully saturated rings. The number of halogens is 1. The molecule has 2 nitrogen and oxygen atoms in total. The van der Waals surface area contributed by atoms with Gasteiger partial charge in [-0.3, -0.25) is 4.98 Å². The SMILES string of the molecule is COc1c(C(C)(C)C)cc(C)c2ncc(Br)cc12. The number of hydrogen-bond acceptors (Lipinski definition) is 2. The van der Waals surface area contributed by atoms with Crippen LogP contribution in [0.15, 0.2) is 22.8 Å². The van der Waals surface area contributed by atoms with Crippen molar-refractivity contribution in [1.29, 1.82) is 0 Å². The van der Waals surface area contributed by atoms with Gasteiger partial charge >= 0.3 is 0 Å². The summed E-state index contributed by atoms with van der Waals surface area (Å²) in [4.78, 5) is 4.49. The maximum Gasteiger partial charge on any atom is 0.132 e. The standard InChI is InChI=1S/C15H18BrNO/c1-9-6-12(15(2,3)4)14(18-5)11-7-10(16)8-17-13(9)11/h6-8H,1-5H3. The third-order valence-electron chi connectivity index (χ3n) is 3.09. The first-order valence-corrected chi connectivity index (χ1v) is 6.77. The highest BCUT2D eigenvalue weighted by molar-refractivity contribution is 9.10. The fourth-order valence-electron chi connectivity index (χ4n) is 2.20. The quantitative estimate of drug-likeness (QED) is 0.767. The topological polar surface area (TPSA) is 22.1 Å². The molecule has 0 aliphatic heterocycles. The second kappa shape index (κ2) is 4.54. The van der Waals surface area contributed by atoms with Crippen LogP contribution in [0.2, 0.25) is 0 Å². The number of hydrogen-bond donors (Lipinski definition) is 0. The summed E-state index contributed by atoms with van der Waals surface area (Å²) in [6, 6.07) is 4.26. The predicted molar refractivity (Wildman–Crippen MR) is 79.4 cm³/mol. The molecule has 1 aromatic carbocycles. The Kier molecular flexibility index (Phi) is 3.37. The minimum atomic E-state index is 0.0482. The Bertz CT molecular complexity index is 599. The minimum Gasteiger partial charge on any atom is -0.496 e. The number of rotatable bonds is 1. The van der Waals surface area contributed by atoms with Crippen molar-refractivity contribution in [3.8, 4) is 5.75 Å². The molecule has 0 N–H and O–H groups in total. The maximum absolute atomic E-state index is 5.63. The average molecular weight is 308 g/mol. The number of methoxy groups -OCH3 is 1. The second-order valence-corrected chi connectivity index (χ2v) is 6.49. The molecular weight excluding hydrogens is 290 g/mol. The summed E-state index contributed by atoms with van der Waals surface area (Å²) in [5.74, 6) is 0.928. The van der Waals surface area contributed by atoms with Crippen molar-refractivity contribution in [1.82, 2.24) is 4.98 Å². The van der Waals surface area contributed by atoms with Gasteiger partial charge < -0.3 is 4.74 Å². The number of fused-ring (bicyclic) bond motifs is 1. The van der Waals surface area contributed by atoms with Gasteiger partial charge in [0.2, 0.25) is 0 Å². The molecule has 0 saturated carbocycles. The number of aromatic nitrogens is 1. The zero-order valence-electron chi connectivity index (χ0n) is 11.5. The van der Waals surface area contributed by atoms with E-state index in [-0.39, 0.29) is 5.41 Å². The van der Waals surface area contributed by atoms with Crippen molar-refractivity contribution in [2.75, 3.05) is 7.11 Å². The van der Waals surface area contributed by atoms with Gasteiger partial charge in [-0.05, 0) is 46.0 Å². The molecule has 3 heteroatoms. The third-order valence-corrected chi connectivity index (χ3v) is 3.52. The van der Waals surface area contributed by atoms with Gasteiger partial charge in [0.1, 0.15) is 5.75 Å². The molecule has 0 saturated heterocycles. The minimum absolute atomic E-state index is 0.0482. The van der Waals surface area contributed by atoms with Gasteiger partial charge in [-0.1, -0.05) is 20.8 Å². The van der Waals surface area contributed by atoms with Crippen LogP contribution >= 0.6 is 15.9 Å². The predicted octanol–water partition coefficient (Wildman–Crippen LogP) is 4.61. The van der Waals surface area contributed by atoms with E-state index in [1.807, 2.05) is 6.20 Å². The Morgan fingerprint density at radius 3 is 2.44 bits per heavy atom. The molecule has 0 unspecified atom stereocenters. The number of nitrogens with zero attached hydrogens (tertiary/aromatic N) is 1. The summed E-state index contributed by atoms with van der Waals surface area (Å²) >= 11 is 3.48. The first-order valence-electron chi connectivity index (χ1n) is 5.98.